The van der Waals surface area contributed by atoms with Gasteiger partial charge in [-0.25, -0.2) is 4.79 Å². The molecule has 0 saturated heterocycles. The summed E-state index contributed by atoms with van der Waals surface area (Å²) in [7, 11) is 0. The smallest absolute Gasteiger partial charge is 0.407 e. The van der Waals surface area contributed by atoms with Crippen LogP contribution >= 0.6 is 11.6 Å². The van der Waals surface area contributed by atoms with Crippen LogP contribution in [-0.2, 0) is 16.0 Å². The van der Waals surface area contributed by atoms with Crippen LogP contribution in [-0.4, -0.2) is 46.6 Å². The highest BCUT2D eigenvalue weighted by molar-refractivity contribution is 6.31. The molecule has 8 heteroatoms. The number of aliphatic hydroxyl groups excluding tert-OH is 2. The molecule has 0 fully saturated rings. The van der Waals surface area contributed by atoms with Crippen molar-refractivity contribution in [1.29, 1.82) is 0 Å². The quantitative estimate of drug-likeness (QED) is 0.352. The Kier molecular flexibility index (Phi) is 7.70. The number of fused-ring (bicyclic) bond motifs is 3. The van der Waals surface area contributed by atoms with Crippen LogP contribution in [0.25, 0.3) is 11.1 Å². The van der Waals surface area contributed by atoms with Crippen LogP contribution in [0.15, 0.2) is 66.7 Å². The van der Waals surface area contributed by atoms with Gasteiger partial charge < -0.3 is 25.4 Å². The van der Waals surface area contributed by atoms with Crippen LogP contribution in [0.2, 0.25) is 5.02 Å². The fraction of sp³-hybridized carbons (Fsp3) is 0.259. The molecule has 0 radical (unpaired) electrons. The molecule has 4 rings (SSSR count). The largest absolute Gasteiger partial charge is 0.481 e. The summed E-state index contributed by atoms with van der Waals surface area (Å²) in [6.45, 7) is 0.284. The van der Waals surface area contributed by atoms with E-state index in [0.717, 1.165) is 22.3 Å². The maximum atomic E-state index is 12.3. The number of hydrogen-bond donors (Lipinski definition) is 4. The Morgan fingerprint density at radius 3 is 2.20 bits per heavy atom. The molecule has 0 aromatic heterocycles. The zero-order valence-electron chi connectivity index (χ0n) is 18.9. The summed E-state index contributed by atoms with van der Waals surface area (Å²) in [5.74, 6) is -1.06. The van der Waals surface area contributed by atoms with Crippen LogP contribution in [0.5, 0.6) is 0 Å². The molecule has 0 heterocycles. The number of halogens is 1. The molecule has 7 nitrogen and oxygen atoms in total. The molecular formula is C27H26ClNO6. The maximum Gasteiger partial charge on any atom is 0.407 e. The second kappa shape index (κ2) is 10.9. The van der Waals surface area contributed by atoms with Gasteiger partial charge >= 0.3 is 12.1 Å². The van der Waals surface area contributed by atoms with Crippen molar-refractivity contribution in [3.05, 3.63) is 94.0 Å². The average molecular weight is 496 g/mol. The van der Waals surface area contributed by atoms with Crippen molar-refractivity contribution in [1.82, 2.24) is 5.32 Å². The zero-order valence-corrected chi connectivity index (χ0v) is 19.6. The van der Waals surface area contributed by atoms with Crippen molar-refractivity contribution < 1.29 is 29.6 Å². The van der Waals surface area contributed by atoms with Crippen LogP contribution in [0.3, 0.4) is 0 Å². The number of ether oxygens (including phenoxy) is 1. The highest BCUT2D eigenvalue weighted by Gasteiger charge is 2.29. The summed E-state index contributed by atoms with van der Waals surface area (Å²) >= 11 is 6.09. The molecule has 3 aromatic carbocycles. The van der Waals surface area contributed by atoms with E-state index in [2.05, 4.69) is 17.4 Å². The van der Waals surface area contributed by atoms with Gasteiger partial charge in [0.2, 0.25) is 0 Å². The zero-order chi connectivity index (χ0) is 24.9. The molecule has 0 bridgehead atoms. The molecule has 0 aliphatic heterocycles. The molecule has 1 amide bonds. The molecule has 4 N–H and O–H groups in total. The second-order valence-corrected chi connectivity index (χ2v) is 8.88. The summed E-state index contributed by atoms with van der Waals surface area (Å²) in [6.07, 6.45) is -3.16. The van der Waals surface area contributed by atoms with Crippen molar-refractivity contribution in [2.75, 3.05) is 13.2 Å². The Bertz CT molecular complexity index is 1180. The number of carbonyl (C=O) groups is 2. The van der Waals surface area contributed by atoms with Gasteiger partial charge in [-0.05, 0) is 45.9 Å². The first-order valence-electron chi connectivity index (χ1n) is 11.3. The van der Waals surface area contributed by atoms with Crippen molar-refractivity contribution in [2.24, 2.45) is 0 Å². The van der Waals surface area contributed by atoms with E-state index < -0.39 is 24.3 Å². The van der Waals surface area contributed by atoms with E-state index in [9.17, 15) is 19.8 Å². The topological polar surface area (TPSA) is 116 Å². The highest BCUT2D eigenvalue weighted by atomic mass is 35.5. The van der Waals surface area contributed by atoms with E-state index in [4.69, 9.17) is 21.4 Å². The van der Waals surface area contributed by atoms with Gasteiger partial charge in [-0.1, -0.05) is 72.3 Å². The Balaban J connectivity index is 1.27. The van der Waals surface area contributed by atoms with Crippen LogP contribution < -0.4 is 5.32 Å². The number of carboxylic acid groups (broad SMARTS) is 1. The van der Waals surface area contributed by atoms with Gasteiger partial charge in [-0.2, -0.15) is 0 Å². The minimum absolute atomic E-state index is 0.0468. The predicted molar refractivity (Wildman–Crippen MR) is 131 cm³/mol. The van der Waals surface area contributed by atoms with Crippen molar-refractivity contribution >= 4 is 23.7 Å². The van der Waals surface area contributed by atoms with Gasteiger partial charge in [0.1, 0.15) is 12.7 Å². The number of amides is 1. The molecule has 2 atom stereocenters. The van der Waals surface area contributed by atoms with Gasteiger partial charge in [-0.3, -0.25) is 4.79 Å². The normalized spacial score (nSPS) is 14.0. The number of aliphatic hydroxyl groups is 2. The summed E-state index contributed by atoms with van der Waals surface area (Å²) in [5, 5.41) is 32.5. The maximum absolute atomic E-state index is 12.3. The van der Waals surface area contributed by atoms with Gasteiger partial charge in [-0.15, -0.1) is 0 Å². The van der Waals surface area contributed by atoms with Crippen LogP contribution in [0.4, 0.5) is 4.79 Å². The minimum Gasteiger partial charge on any atom is -0.481 e. The molecule has 182 valence electrons. The lowest BCUT2D eigenvalue weighted by Gasteiger charge is -2.19. The van der Waals surface area contributed by atoms with E-state index in [0.29, 0.717) is 11.1 Å². The van der Waals surface area contributed by atoms with E-state index in [1.165, 1.54) is 18.2 Å². The summed E-state index contributed by atoms with van der Waals surface area (Å²) in [4.78, 5) is 23.1. The third kappa shape index (κ3) is 5.65. The van der Waals surface area contributed by atoms with Crippen molar-refractivity contribution in [2.45, 2.75) is 31.0 Å². The molecule has 0 spiro atoms. The summed E-state index contributed by atoms with van der Waals surface area (Å²) < 4.78 is 5.47. The number of benzene rings is 3. The molecule has 3 aromatic rings. The lowest BCUT2D eigenvalue weighted by Crippen LogP contribution is -2.30. The number of aliphatic carboxylic acids is 1. The summed E-state index contributed by atoms with van der Waals surface area (Å²) in [6, 6.07) is 20.6. The Labute approximate surface area is 207 Å². The van der Waals surface area contributed by atoms with Gasteiger partial charge in [0.25, 0.3) is 0 Å². The lowest BCUT2D eigenvalue weighted by atomic mass is 9.98. The number of nitrogens with one attached hydrogen (secondary N) is 1. The fourth-order valence-corrected chi connectivity index (χ4v) is 4.66. The average Bonchev–Trinajstić information content (AvgIpc) is 3.17. The first-order valence-corrected chi connectivity index (χ1v) is 11.7. The second-order valence-electron chi connectivity index (χ2n) is 8.47. The van der Waals surface area contributed by atoms with E-state index >= 15 is 0 Å². The van der Waals surface area contributed by atoms with Crippen molar-refractivity contribution in [3.8, 4) is 11.1 Å². The number of hydrogen-bond acceptors (Lipinski definition) is 5. The van der Waals surface area contributed by atoms with E-state index in [1.807, 2.05) is 36.4 Å². The summed E-state index contributed by atoms with van der Waals surface area (Å²) in [5.41, 5.74) is 5.30. The highest BCUT2D eigenvalue weighted by Crippen LogP contribution is 2.44. The number of rotatable bonds is 9. The lowest BCUT2D eigenvalue weighted by molar-refractivity contribution is -0.136. The molecule has 1 aliphatic rings. The fourth-order valence-electron chi connectivity index (χ4n) is 4.41. The Hall–Kier alpha value is -3.39. The van der Waals surface area contributed by atoms with Gasteiger partial charge in [0.15, 0.2) is 0 Å². The number of carbonyl (C=O) groups excluding carboxylic acids is 1. The molecule has 0 saturated carbocycles. The monoisotopic (exact) mass is 495 g/mol. The van der Waals surface area contributed by atoms with Crippen LogP contribution in [0.1, 0.15) is 40.7 Å². The Morgan fingerprint density at radius 2 is 1.60 bits per heavy atom. The Morgan fingerprint density at radius 1 is 0.971 bits per heavy atom. The number of carboxylic acids is 1. The van der Waals surface area contributed by atoms with Crippen LogP contribution in [0, 0.1) is 0 Å². The van der Waals surface area contributed by atoms with Gasteiger partial charge in [0.05, 0.1) is 12.5 Å². The van der Waals surface area contributed by atoms with E-state index in [1.54, 1.807) is 0 Å². The predicted octanol–water partition coefficient (Wildman–Crippen LogP) is 4.29. The first kappa shape index (κ1) is 24.7. The molecule has 1 aliphatic carbocycles. The molecule has 2 unspecified atom stereocenters. The number of alkyl carbamates (subject to hydrolysis) is 1. The standard InChI is InChI=1S/C27H26ClNO6/c28-23-13-17(10-9-16(23)14-25(31)32)26(33)24(30)11-12-29-27(34)35-15-22-20-7-3-1-5-18(20)19-6-2-4-8-21(19)22/h1-10,13,22,24,26,30,33H,11-12,14-15H2,(H,29,34)(H,31,32). The van der Waals surface area contributed by atoms with Gasteiger partial charge in [0, 0.05) is 17.5 Å². The van der Waals surface area contributed by atoms with Crippen molar-refractivity contribution in [3.63, 3.8) is 0 Å². The molecular weight excluding hydrogens is 470 g/mol. The third-order valence-electron chi connectivity index (χ3n) is 6.18. The SMILES string of the molecule is O=C(O)Cc1ccc(C(O)C(O)CCNC(=O)OCC2c3ccccc3-c3ccccc32)cc1Cl. The first-order chi connectivity index (χ1) is 16.8. The van der Waals surface area contributed by atoms with E-state index in [-0.39, 0.29) is 36.9 Å². The molecule has 35 heavy (non-hydrogen) atoms. The third-order valence-corrected chi connectivity index (χ3v) is 6.53. The minimum atomic E-state index is -1.24.